The number of hydrogen-bond donors (Lipinski definition) is 0. The standard InChI is InChI=1S/C3H6N4O/c1-3-6(2)4-5-7(3)8/h1-2H3. The monoisotopic (exact) mass is 114 g/mol. The predicted molar refractivity (Wildman–Crippen MR) is 24.7 cm³/mol. The van der Waals surface area contributed by atoms with Gasteiger partial charge in [0.2, 0.25) is 0 Å². The third kappa shape index (κ3) is 0.518. The molecule has 1 heterocycles. The summed E-state index contributed by atoms with van der Waals surface area (Å²) < 4.78 is 1.41. The zero-order chi connectivity index (χ0) is 6.15. The van der Waals surface area contributed by atoms with Crippen LogP contribution in [0.5, 0.6) is 0 Å². The molecule has 0 atom stereocenters. The van der Waals surface area contributed by atoms with Crippen molar-refractivity contribution in [2.24, 2.45) is 7.05 Å². The molecule has 0 radical (unpaired) electrons. The van der Waals surface area contributed by atoms with Crippen molar-refractivity contribution in [2.75, 3.05) is 0 Å². The van der Waals surface area contributed by atoms with Gasteiger partial charge in [0.1, 0.15) is 5.21 Å². The number of aryl methyl sites for hydroxylation is 1. The normalized spacial score (nSPS) is 9.75. The Morgan fingerprint density at radius 2 is 2.38 bits per heavy atom. The van der Waals surface area contributed by atoms with Crippen LogP contribution in [-0.4, -0.2) is 15.1 Å². The van der Waals surface area contributed by atoms with E-state index in [0.29, 0.717) is 10.7 Å². The van der Waals surface area contributed by atoms with Crippen molar-refractivity contribution in [3.63, 3.8) is 0 Å². The Balaban J connectivity index is 3.19. The fourth-order valence-corrected chi connectivity index (χ4v) is 0.350. The molecule has 0 saturated carbocycles. The van der Waals surface area contributed by atoms with Crippen LogP contribution in [0.25, 0.3) is 0 Å². The summed E-state index contributed by atoms with van der Waals surface area (Å²) in [5, 5.41) is 17.0. The van der Waals surface area contributed by atoms with Crippen molar-refractivity contribution < 1.29 is 4.85 Å². The molecule has 0 spiro atoms. The Bertz CT molecular complexity index is 174. The number of hydrogen-bond acceptors (Lipinski definition) is 3. The molecule has 44 valence electrons. The largest absolute Gasteiger partial charge is 0.722 e. The molecule has 1 aromatic heterocycles. The van der Waals surface area contributed by atoms with E-state index in [1.807, 2.05) is 0 Å². The zero-order valence-corrected chi connectivity index (χ0v) is 4.70. The molecule has 0 fully saturated rings. The summed E-state index contributed by atoms with van der Waals surface area (Å²) >= 11 is 0. The maximum absolute atomic E-state index is 10.4. The SMILES string of the molecule is Cc1n(C)nn[n+]1[O-]. The first kappa shape index (κ1) is 5.02. The van der Waals surface area contributed by atoms with Gasteiger partial charge in [-0.25, -0.2) is 0 Å². The Kier molecular flexibility index (Phi) is 0.896. The van der Waals surface area contributed by atoms with Crippen molar-refractivity contribution in [2.45, 2.75) is 6.92 Å². The molecule has 8 heavy (non-hydrogen) atoms. The molecular weight excluding hydrogens is 108 g/mol. The smallest absolute Gasteiger partial charge is 0.254 e. The molecule has 0 amide bonds. The third-order valence-electron chi connectivity index (χ3n) is 1.00. The summed E-state index contributed by atoms with van der Waals surface area (Å²) in [6.45, 7) is 1.65. The van der Waals surface area contributed by atoms with Gasteiger partial charge in [-0.1, -0.05) is 4.68 Å². The molecule has 0 aliphatic rings. The van der Waals surface area contributed by atoms with E-state index >= 15 is 0 Å². The van der Waals surface area contributed by atoms with Crippen LogP contribution in [0.15, 0.2) is 0 Å². The second kappa shape index (κ2) is 1.43. The molecule has 0 saturated heterocycles. The van der Waals surface area contributed by atoms with E-state index in [-0.39, 0.29) is 0 Å². The summed E-state index contributed by atoms with van der Waals surface area (Å²) in [4.78, 5) is 0.472. The van der Waals surface area contributed by atoms with Gasteiger partial charge in [0.25, 0.3) is 5.82 Å². The molecule has 0 aromatic carbocycles. The van der Waals surface area contributed by atoms with Gasteiger partial charge in [-0.2, -0.15) is 0 Å². The van der Waals surface area contributed by atoms with E-state index in [2.05, 4.69) is 10.4 Å². The topological polar surface area (TPSA) is 57.7 Å². The lowest BCUT2D eigenvalue weighted by atomic mass is 10.7. The van der Waals surface area contributed by atoms with Gasteiger partial charge >= 0.3 is 0 Å². The van der Waals surface area contributed by atoms with Crippen LogP contribution < -0.4 is 4.85 Å². The van der Waals surface area contributed by atoms with E-state index in [1.54, 1.807) is 14.0 Å². The molecule has 0 aliphatic carbocycles. The number of aromatic nitrogens is 4. The minimum absolute atomic E-state index is 0.472. The van der Waals surface area contributed by atoms with Crippen LogP contribution >= 0.6 is 0 Å². The first-order valence-corrected chi connectivity index (χ1v) is 2.18. The van der Waals surface area contributed by atoms with Crippen molar-refractivity contribution in [1.82, 2.24) is 15.1 Å². The van der Waals surface area contributed by atoms with Crippen LogP contribution in [-0.2, 0) is 7.05 Å². The van der Waals surface area contributed by atoms with Crippen LogP contribution in [0.2, 0.25) is 0 Å². The van der Waals surface area contributed by atoms with Gasteiger partial charge in [0.15, 0.2) is 5.21 Å². The van der Waals surface area contributed by atoms with Crippen molar-refractivity contribution in [3.8, 4) is 0 Å². The Hall–Kier alpha value is -1.13. The van der Waals surface area contributed by atoms with Gasteiger partial charge in [-0.15, -0.1) is 4.85 Å². The summed E-state index contributed by atoms with van der Waals surface area (Å²) in [5.41, 5.74) is 0. The van der Waals surface area contributed by atoms with Crippen molar-refractivity contribution >= 4 is 0 Å². The molecule has 1 rings (SSSR count). The minimum Gasteiger partial charge on any atom is -0.722 e. The van der Waals surface area contributed by atoms with Gasteiger partial charge in [-0.05, 0) is 0 Å². The fourth-order valence-electron chi connectivity index (χ4n) is 0.350. The van der Waals surface area contributed by atoms with Gasteiger partial charge < -0.3 is 5.21 Å². The van der Waals surface area contributed by atoms with Crippen LogP contribution in [0.4, 0.5) is 0 Å². The summed E-state index contributed by atoms with van der Waals surface area (Å²) in [6, 6.07) is 0. The average Bonchev–Trinajstić information content (AvgIpc) is 1.98. The summed E-state index contributed by atoms with van der Waals surface area (Å²) in [5.74, 6) is 0.491. The fraction of sp³-hybridized carbons (Fsp3) is 0.667. The van der Waals surface area contributed by atoms with Gasteiger partial charge in [0.05, 0.1) is 7.05 Å². The second-order valence-corrected chi connectivity index (χ2v) is 1.52. The molecule has 5 nitrogen and oxygen atoms in total. The van der Waals surface area contributed by atoms with Crippen molar-refractivity contribution in [1.29, 1.82) is 0 Å². The zero-order valence-electron chi connectivity index (χ0n) is 4.70. The lowest BCUT2D eigenvalue weighted by molar-refractivity contribution is -0.676. The molecule has 1 aromatic rings. The number of rotatable bonds is 0. The molecule has 0 bridgehead atoms. The van der Waals surface area contributed by atoms with Gasteiger partial charge in [0, 0.05) is 6.92 Å². The predicted octanol–water partition coefficient (Wildman–Crippen LogP) is -1.24. The number of tetrazole rings is 1. The van der Waals surface area contributed by atoms with Gasteiger partial charge in [-0.3, -0.25) is 0 Å². The Morgan fingerprint density at radius 1 is 1.75 bits per heavy atom. The lowest BCUT2D eigenvalue weighted by Gasteiger charge is -1.91. The second-order valence-electron chi connectivity index (χ2n) is 1.52. The van der Waals surface area contributed by atoms with Crippen molar-refractivity contribution in [3.05, 3.63) is 11.0 Å². The van der Waals surface area contributed by atoms with Crippen LogP contribution in [0.3, 0.4) is 0 Å². The summed E-state index contributed by atoms with van der Waals surface area (Å²) in [6.07, 6.45) is 0. The molecule has 5 heteroatoms. The number of nitrogens with zero attached hydrogens (tertiary/aromatic N) is 4. The highest BCUT2D eigenvalue weighted by atomic mass is 16.5. The lowest BCUT2D eigenvalue weighted by Crippen LogP contribution is -2.31. The van der Waals surface area contributed by atoms with E-state index in [1.165, 1.54) is 4.68 Å². The Morgan fingerprint density at radius 3 is 2.50 bits per heavy atom. The molecule has 0 aliphatic heterocycles. The minimum atomic E-state index is 0.472. The first-order chi connectivity index (χ1) is 3.72. The maximum atomic E-state index is 10.4. The Labute approximate surface area is 46.1 Å². The van der Waals surface area contributed by atoms with E-state index < -0.39 is 0 Å². The maximum Gasteiger partial charge on any atom is 0.254 e. The summed E-state index contributed by atoms with van der Waals surface area (Å²) in [7, 11) is 1.66. The van der Waals surface area contributed by atoms with E-state index in [4.69, 9.17) is 0 Å². The first-order valence-electron chi connectivity index (χ1n) is 2.18. The van der Waals surface area contributed by atoms with Crippen LogP contribution in [0.1, 0.15) is 5.82 Å². The molecule has 0 unspecified atom stereocenters. The van der Waals surface area contributed by atoms with Crippen LogP contribution in [0, 0.1) is 12.1 Å². The highest BCUT2D eigenvalue weighted by Gasteiger charge is 2.02. The highest BCUT2D eigenvalue weighted by molar-refractivity contribution is 4.61. The molecular formula is C3H6N4O. The van der Waals surface area contributed by atoms with E-state index in [0.717, 1.165) is 0 Å². The quantitative estimate of drug-likeness (QED) is 0.313. The third-order valence-corrected chi connectivity index (χ3v) is 1.00. The van der Waals surface area contributed by atoms with E-state index in [9.17, 15) is 5.21 Å². The average molecular weight is 114 g/mol. The highest BCUT2D eigenvalue weighted by Crippen LogP contribution is 1.76. The molecule has 0 N–H and O–H groups in total.